The smallest absolute Gasteiger partial charge is 0.0438 e. The molecule has 0 saturated heterocycles. The van der Waals surface area contributed by atoms with E-state index in [1.807, 2.05) is 13.1 Å². The van der Waals surface area contributed by atoms with E-state index >= 15 is 0 Å². The van der Waals surface area contributed by atoms with Gasteiger partial charge in [0.15, 0.2) is 0 Å². The van der Waals surface area contributed by atoms with Gasteiger partial charge in [-0.1, -0.05) is 63.3 Å². The maximum Gasteiger partial charge on any atom is 0.0438 e. The van der Waals surface area contributed by atoms with Gasteiger partial charge in [0.05, 0.1) is 0 Å². The normalized spacial score (nSPS) is 21.6. The third-order valence-electron chi connectivity index (χ3n) is 7.38. The molecule has 0 heterocycles. The molecule has 3 atom stereocenters. The van der Waals surface area contributed by atoms with Crippen LogP contribution in [0.1, 0.15) is 78.1 Å². The molecule has 5 nitrogen and oxygen atoms in total. The van der Waals surface area contributed by atoms with Gasteiger partial charge in [0.1, 0.15) is 0 Å². The zero-order valence-corrected chi connectivity index (χ0v) is 21.9. The zero-order chi connectivity index (χ0) is 24.9. The highest BCUT2D eigenvalue weighted by molar-refractivity contribution is 6.02. The molecule has 190 valence electrons. The Bertz CT molecular complexity index is 769. The Hall–Kier alpha value is -1.98. The predicted molar refractivity (Wildman–Crippen MR) is 148 cm³/mol. The number of hydrogen-bond donors (Lipinski definition) is 5. The molecule has 3 unspecified atom stereocenters. The molecule has 0 spiro atoms. The van der Waals surface area contributed by atoms with Crippen LogP contribution in [0.3, 0.4) is 0 Å². The lowest BCUT2D eigenvalue weighted by molar-refractivity contribution is 0.391. The van der Waals surface area contributed by atoms with E-state index in [4.69, 9.17) is 11.1 Å². The molecular formula is C29H49N5. The van der Waals surface area contributed by atoms with E-state index in [1.165, 1.54) is 48.9 Å². The van der Waals surface area contributed by atoms with Crippen molar-refractivity contribution in [2.75, 3.05) is 20.1 Å². The minimum Gasteiger partial charge on any atom is -0.385 e. The second kappa shape index (κ2) is 15.1. The van der Waals surface area contributed by atoms with Crippen molar-refractivity contribution in [3.8, 4) is 0 Å². The molecule has 2 aliphatic rings. The van der Waals surface area contributed by atoms with Crippen LogP contribution in [-0.2, 0) is 0 Å². The minimum absolute atomic E-state index is 0.0230. The van der Waals surface area contributed by atoms with Gasteiger partial charge >= 0.3 is 0 Å². The van der Waals surface area contributed by atoms with Gasteiger partial charge in [-0.05, 0) is 68.9 Å². The Morgan fingerprint density at radius 3 is 2.62 bits per heavy atom. The van der Waals surface area contributed by atoms with Crippen LogP contribution in [0.4, 0.5) is 0 Å². The van der Waals surface area contributed by atoms with E-state index in [-0.39, 0.29) is 11.8 Å². The van der Waals surface area contributed by atoms with Crippen molar-refractivity contribution in [3.63, 3.8) is 0 Å². The van der Waals surface area contributed by atoms with Crippen LogP contribution in [0.5, 0.6) is 0 Å². The van der Waals surface area contributed by atoms with Gasteiger partial charge in [-0.3, -0.25) is 0 Å². The highest BCUT2D eigenvalue weighted by Crippen LogP contribution is 2.35. The number of nitrogens with one attached hydrogen (secondary N) is 4. The molecule has 34 heavy (non-hydrogen) atoms. The molecule has 6 N–H and O–H groups in total. The van der Waals surface area contributed by atoms with Crippen LogP contribution in [0.25, 0.3) is 0 Å². The summed E-state index contributed by atoms with van der Waals surface area (Å²) in [4.78, 5) is 0. The van der Waals surface area contributed by atoms with Gasteiger partial charge in [-0.15, -0.1) is 6.58 Å². The molecule has 0 aromatic carbocycles. The third-order valence-corrected chi connectivity index (χ3v) is 7.38. The summed E-state index contributed by atoms with van der Waals surface area (Å²) >= 11 is 0. The first-order valence-corrected chi connectivity index (χ1v) is 13.4. The van der Waals surface area contributed by atoms with Gasteiger partial charge in [0.25, 0.3) is 0 Å². The van der Waals surface area contributed by atoms with E-state index in [2.05, 4.69) is 43.2 Å². The summed E-state index contributed by atoms with van der Waals surface area (Å²) in [6, 6.07) is 0.524. The largest absolute Gasteiger partial charge is 0.385 e. The van der Waals surface area contributed by atoms with Crippen LogP contribution < -0.4 is 16.4 Å². The van der Waals surface area contributed by atoms with Crippen molar-refractivity contribution < 1.29 is 0 Å². The fraction of sp³-hybridized carbons (Fsp3) is 0.655. The minimum atomic E-state index is 0.0230. The topological polar surface area (TPSA) is 97.8 Å². The molecule has 0 aromatic heterocycles. The maximum atomic E-state index is 9.52. The van der Waals surface area contributed by atoms with E-state index in [0.29, 0.717) is 18.5 Å². The van der Waals surface area contributed by atoms with Crippen molar-refractivity contribution in [2.45, 2.75) is 84.1 Å². The SMILES string of the molecule is C=CC(C)C/C(C(=N)C1CC=CC(CN)=C1CC(C=N)CNC)=C(\CCC)NC1CCCCC1. The second-order valence-electron chi connectivity index (χ2n) is 10.2. The number of rotatable bonds is 15. The van der Waals surface area contributed by atoms with Gasteiger partial charge in [0, 0.05) is 42.4 Å². The highest BCUT2D eigenvalue weighted by Gasteiger charge is 2.29. The lowest BCUT2D eigenvalue weighted by Crippen LogP contribution is -2.34. The first-order valence-electron chi connectivity index (χ1n) is 13.4. The molecule has 0 bridgehead atoms. The molecule has 5 heteroatoms. The number of hydrogen-bond acceptors (Lipinski definition) is 5. The van der Waals surface area contributed by atoms with Gasteiger partial charge < -0.3 is 27.2 Å². The van der Waals surface area contributed by atoms with Gasteiger partial charge in [-0.2, -0.15) is 0 Å². The monoisotopic (exact) mass is 467 g/mol. The summed E-state index contributed by atoms with van der Waals surface area (Å²) in [5.74, 6) is 0.447. The summed E-state index contributed by atoms with van der Waals surface area (Å²) in [5.41, 5.74) is 11.7. The van der Waals surface area contributed by atoms with E-state index in [9.17, 15) is 5.41 Å². The molecule has 0 amide bonds. The van der Waals surface area contributed by atoms with E-state index < -0.39 is 0 Å². The van der Waals surface area contributed by atoms with Crippen molar-refractivity contribution >= 4 is 11.9 Å². The molecule has 1 saturated carbocycles. The Morgan fingerprint density at radius 2 is 2.03 bits per heavy atom. The van der Waals surface area contributed by atoms with Crippen molar-refractivity contribution in [3.05, 3.63) is 47.2 Å². The van der Waals surface area contributed by atoms with Crippen molar-refractivity contribution in [2.24, 2.45) is 23.5 Å². The molecule has 1 fully saturated rings. The summed E-state index contributed by atoms with van der Waals surface area (Å²) in [7, 11) is 1.93. The maximum absolute atomic E-state index is 9.52. The Labute approximate surface area is 208 Å². The van der Waals surface area contributed by atoms with Crippen molar-refractivity contribution in [1.82, 2.24) is 10.6 Å². The summed E-state index contributed by atoms with van der Waals surface area (Å²) < 4.78 is 0. The molecule has 0 aromatic rings. The van der Waals surface area contributed by atoms with Gasteiger partial charge in [0.2, 0.25) is 0 Å². The average Bonchev–Trinajstić information content (AvgIpc) is 2.86. The van der Waals surface area contributed by atoms with Crippen LogP contribution in [-0.4, -0.2) is 38.1 Å². The molecule has 2 aliphatic carbocycles. The average molecular weight is 468 g/mol. The van der Waals surface area contributed by atoms with Crippen molar-refractivity contribution in [1.29, 1.82) is 10.8 Å². The van der Waals surface area contributed by atoms with Crippen LogP contribution in [0, 0.1) is 28.6 Å². The van der Waals surface area contributed by atoms with Crippen LogP contribution >= 0.6 is 0 Å². The predicted octanol–water partition coefficient (Wildman–Crippen LogP) is 5.90. The first kappa shape index (κ1) is 28.3. The van der Waals surface area contributed by atoms with E-state index in [0.717, 1.165) is 49.9 Å². The number of nitrogens with two attached hydrogens (primary N) is 1. The Kier molecular flexibility index (Phi) is 12.6. The standard InChI is InChI=1S/C29H49N5/c1-5-11-28(34-24-13-8-7-9-14-24)27(16-21(3)6-2)29(32)25-15-10-12-23(19-31)26(25)17-22(18-30)20-33-4/h6,10,12,18,21-22,24-25,30,32-34H,2,5,7-9,11,13-17,19-20,31H2,1,3-4H3/b28-27-,30-18?,32-29?. The Morgan fingerprint density at radius 1 is 1.29 bits per heavy atom. The summed E-state index contributed by atoms with van der Waals surface area (Å²) in [5, 5.41) is 24.6. The molecular weight excluding hydrogens is 418 g/mol. The molecule has 2 rings (SSSR count). The van der Waals surface area contributed by atoms with Gasteiger partial charge in [-0.25, -0.2) is 0 Å². The fourth-order valence-corrected chi connectivity index (χ4v) is 5.38. The van der Waals surface area contributed by atoms with Crippen LogP contribution in [0.2, 0.25) is 0 Å². The third kappa shape index (κ3) is 8.06. The summed E-state index contributed by atoms with van der Waals surface area (Å²) in [6.07, 6.45) is 18.8. The van der Waals surface area contributed by atoms with E-state index in [1.54, 1.807) is 6.21 Å². The first-order chi connectivity index (χ1) is 16.5. The molecule has 0 aliphatic heterocycles. The Balaban J connectivity index is 2.46. The zero-order valence-electron chi connectivity index (χ0n) is 21.9. The van der Waals surface area contributed by atoms with Crippen LogP contribution in [0.15, 0.2) is 47.2 Å². The quantitative estimate of drug-likeness (QED) is 0.153. The summed E-state index contributed by atoms with van der Waals surface area (Å²) in [6.45, 7) is 9.70. The lowest BCUT2D eigenvalue weighted by atomic mass is 9.76. The fourth-order valence-electron chi connectivity index (χ4n) is 5.38. The lowest BCUT2D eigenvalue weighted by Gasteiger charge is -2.32. The number of allylic oxidation sites excluding steroid dienone is 5. The highest BCUT2D eigenvalue weighted by atomic mass is 14.9. The second-order valence-corrected chi connectivity index (χ2v) is 10.2. The molecule has 0 radical (unpaired) electrons.